The lowest BCUT2D eigenvalue weighted by Crippen LogP contribution is -2.50. The van der Waals surface area contributed by atoms with E-state index < -0.39 is 11.9 Å². The van der Waals surface area contributed by atoms with E-state index in [4.69, 9.17) is 27.9 Å². The molecule has 1 aromatic rings. The summed E-state index contributed by atoms with van der Waals surface area (Å²) in [6.07, 6.45) is 1.26. The molecule has 1 N–H and O–H groups in total. The van der Waals surface area contributed by atoms with Gasteiger partial charge in [0.1, 0.15) is 5.75 Å². The number of carbonyl (C=O) groups is 2. The van der Waals surface area contributed by atoms with E-state index in [1.54, 1.807) is 24.0 Å². The number of benzene rings is 1. The second-order valence-corrected chi connectivity index (χ2v) is 6.12. The van der Waals surface area contributed by atoms with E-state index in [9.17, 15) is 14.7 Å². The maximum absolute atomic E-state index is 12.3. The number of ether oxygens (including phenoxy) is 1. The summed E-state index contributed by atoms with van der Waals surface area (Å²) in [6, 6.07) is 4.41. The Labute approximate surface area is 138 Å². The fourth-order valence-electron chi connectivity index (χ4n) is 2.64. The Kier molecular flexibility index (Phi) is 5.53. The van der Waals surface area contributed by atoms with Crippen molar-refractivity contribution in [3.8, 4) is 5.75 Å². The monoisotopic (exact) mass is 345 g/mol. The van der Waals surface area contributed by atoms with E-state index in [2.05, 4.69) is 0 Å². The maximum atomic E-state index is 12.3. The van der Waals surface area contributed by atoms with Gasteiger partial charge in [-0.15, -0.1) is 0 Å². The van der Waals surface area contributed by atoms with Crippen molar-refractivity contribution >= 4 is 35.1 Å². The van der Waals surface area contributed by atoms with Gasteiger partial charge in [0, 0.05) is 23.7 Å². The molecule has 1 heterocycles. The minimum Gasteiger partial charge on any atom is -0.482 e. The molecule has 0 radical (unpaired) electrons. The first kappa shape index (κ1) is 16.9. The van der Waals surface area contributed by atoms with E-state index in [-0.39, 0.29) is 18.6 Å². The van der Waals surface area contributed by atoms with Gasteiger partial charge in [-0.2, -0.15) is 0 Å². The van der Waals surface area contributed by atoms with Crippen LogP contribution in [0, 0.1) is 5.92 Å². The van der Waals surface area contributed by atoms with E-state index in [0.29, 0.717) is 35.2 Å². The number of carboxylic acid groups (broad SMARTS) is 1. The van der Waals surface area contributed by atoms with Crippen LogP contribution in [0.5, 0.6) is 5.75 Å². The molecule has 0 spiro atoms. The second-order valence-electron chi connectivity index (χ2n) is 5.28. The molecular formula is C15H17Cl2NO4. The highest BCUT2D eigenvalue weighted by atomic mass is 35.5. The summed E-state index contributed by atoms with van der Waals surface area (Å²) in [5.41, 5.74) is 0. The molecule has 0 bridgehead atoms. The van der Waals surface area contributed by atoms with Crippen LogP contribution >= 0.6 is 23.2 Å². The number of halogens is 2. The van der Waals surface area contributed by atoms with Crippen molar-refractivity contribution in [1.29, 1.82) is 0 Å². The van der Waals surface area contributed by atoms with Crippen LogP contribution < -0.4 is 4.74 Å². The summed E-state index contributed by atoms with van der Waals surface area (Å²) < 4.78 is 5.42. The van der Waals surface area contributed by atoms with Crippen molar-refractivity contribution in [3.05, 3.63) is 28.2 Å². The van der Waals surface area contributed by atoms with Gasteiger partial charge in [0.05, 0.1) is 10.9 Å². The fraction of sp³-hybridized carbons (Fsp3) is 0.467. The summed E-state index contributed by atoms with van der Waals surface area (Å²) in [7, 11) is 0. The number of hydrogen-bond donors (Lipinski definition) is 1. The molecule has 1 aliphatic rings. The Morgan fingerprint density at radius 3 is 2.82 bits per heavy atom. The minimum absolute atomic E-state index is 0.198. The Bertz CT molecular complexity index is 579. The number of hydrogen-bond acceptors (Lipinski definition) is 3. The highest BCUT2D eigenvalue weighted by Gasteiger charge is 2.35. The van der Waals surface area contributed by atoms with Gasteiger partial charge in [-0.05, 0) is 31.9 Å². The standard InChI is InChI=1S/C15H17Cl2NO4/c1-9-11(15(20)21)3-2-6-18(9)14(19)8-22-13-7-10(16)4-5-12(13)17/h4-5,7,9,11H,2-3,6,8H2,1H3,(H,20,21)/t9-,11-/m1/s1. The maximum Gasteiger partial charge on any atom is 0.308 e. The molecular weight excluding hydrogens is 329 g/mol. The molecule has 1 fully saturated rings. The molecule has 7 heteroatoms. The molecule has 0 aliphatic carbocycles. The van der Waals surface area contributed by atoms with Crippen LogP contribution in [-0.2, 0) is 9.59 Å². The Balaban J connectivity index is 1.99. The number of nitrogens with zero attached hydrogens (tertiary/aromatic N) is 1. The van der Waals surface area contributed by atoms with Gasteiger partial charge in [0.15, 0.2) is 6.61 Å². The van der Waals surface area contributed by atoms with E-state index in [1.165, 1.54) is 6.07 Å². The fourth-order valence-corrected chi connectivity index (χ4v) is 2.97. The average molecular weight is 346 g/mol. The molecule has 2 atom stereocenters. The third kappa shape index (κ3) is 3.84. The number of likely N-dealkylation sites (tertiary alicyclic amines) is 1. The van der Waals surface area contributed by atoms with Crippen LogP contribution in [0.3, 0.4) is 0 Å². The zero-order chi connectivity index (χ0) is 16.3. The first-order chi connectivity index (χ1) is 10.4. The highest BCUT2D eigenvalue weighted by Crippen LogP contribution is 2.28. The van der Waals surface area contributed by atoms with Crippen LogP contribution in [0.1, 0.15) is 19.8 Å². The van der Waals surface area contributed by atoms with Crippen molar-refractivity contribution in [2.45, 2.75) is 25.8 Å². The lowest BCUT2D eigenvalue weighted by molar-refractivity contribution is -0.149. The van der Waals surface area contributed by atoms with Crippen molar-refractivity contribution in [2.75, 3.05) is 13.2 Å². The Morgan fingerprint density at radius 2 is 2.14 bits per heavy atom. The topological polar surface area (TPSA) is 66.8 Å². The van der Waals surface area contributed by atoms with Gasteiger partial charge in [-0.25, -0.2) is 0 Å². The lowest BCUT2D eigenvalue weighted by Gasteiger charge is -2.37. The molecule has 22 heavy (non-hydrogen) atoms. The molecule has 1 amide bonds. The van der Waals surface area contributed by atoms with Crippen LogP contribution in [0.4, 0.5) is 0 Å². The Hall–Kier alpha value is -1.46. The van der Waals surface area contributed by atoms with Crippen molar-refractivity contribution in [1.82, 2.24) is 4.90 Å². The van der Waals surface area contributed by atoms with Gasteiger partial charge in [0.2, 0.25) is 0 Å². The largest absolute Gasteiger partial charge is 0.482 e. The number of amides is 1. The van der Waals surface area contributed by atoms with E-state index in [0.717, 1.165) is 0 Å². The summed E-state index contributed by atoms with van der Waals surface area (Å²) >= 11 is 11.8. The van der Waals surface area contributed by atoms with Gasteiger partial charge in [0.25, 0.3) is 5.91 Å². The lowest BCUT2D eigenvalue weighted by atomic mass is 9.90. The predicted octanol–water partition coefficient (Wildman–Crippen LogP) is 3.08. The van der Waals surface area contributed by atoms with Crippen LogP contribution in [0.2, 0.25) is 10.0 Å². The molecule has 120 valence electrons. The molecule has 5 nitrogen and oxygen atoms in total. The molecule has 0 aromatic heterocycles. The van der Waals surface area contributed by atoms with E-state index in [1.807, 2.05) is 0 Å². The average Bonchev–Trinajstić information content (AvgIpc) is 2.47. The van der Waals surface area contributed by atoms with E-state index >= 15 is 0 Å². The third-order valence-corrected chi connectivity index (χ3v) is 4.42. The van der Waals surface area contributed by atoms with Gasteiger partial charge < -0.3 is 14.7 Å². The quantitative estimate of drug-likeness (QED) is 0.910. The van der Waals surface area contributed by atoms with Crippen molar-refractivity contribution in [3.63, 3.8) is 0 Å². The normalized spacial score (nSPS) is 21.5. The predicted molar refractivity (Wildman–Crippen MR) is 83.5 cm³/mol. The van der Waals surface area contributed by atoms with Crippen LogP contribution in [0.15, 0.2) is 18.2 Å². The molecule has 0 saturated carbocycles. The molecule has 0 unspecified atom stereocenters. The number of piperidine rings is 1. The molecule has 1 aliphatic heterocycles. The molecule has 2 rings (SSSR count). The van der Waals surface area contributed by atoms with Crippen LogP contribution in [-0.4, -0.2) is 41.1 Å². The van der Waals surface area contributed by atoms with Crippen molar-refractivity contribution in [2.24, 2.45) is 5.92 Å². The molecule has 1 aromatic carbocycles. The number of carboxylic acids is 1. The van der Waals surface area contributed by atoms with Gasteiger partial charge in [-0.1, -0.05) is 23.2 Å². The molecule has 1 saturated heterocycles. The van der Waals surface area contributed by atoms with Crippen LogP contribution in [0.25, 0.3) is 0 Å². The van der Waals surface area contributed by atoms with Gasteiger partial charge in [-0.3, -0.25) is 9.59 Å². The number of aliphatic carboxylic acids is 1. The number of carbonyl (C=O) groups excluding carboxylic acids is 1. The summed E-state index contributed by atoms with van der Waals surface area (Å²) in [5.74, 6) is -1.33. The zero-order valence-electron chi connectivity index (χ0n) is 12.1. The summed E-state index contributed by atoms with van der Waals surface area (Å²) in [6.45, 7) is 2.09. The number of rotatable bonds is 4. The summed E-state index contributed by atoms with van der Waals surface area (Å²) in [5, 5.41) is 10.0. The summed E-state index contributed by atoms with van der Waals surface area (Å²) in [4.78, 5) is 25.0. The zero-order valence-corrected chi connectivity index (χ0v) is 13.6. The van der Waals surface area contributed by atoms with Gasteiger partial charge >= 0.3 is 5.97 Å². The first-order valence-electron chi connectivity index (χ1n) is 7.00. The van der Waals surface area contributed by atoms with Crippen molar-refractivity contribution < 1.29 is 19.4 Å². The minimum atomic E-state index is -0.871. The smallest absolute Gasteiger partial charge is 0.308 e. The second kappa shape index (κ2) is 7.20. The first-order valence-corrected chi connectivity index (χ1v) is 7.76. The highest BCUT2D eigenvalue weighted by molar-refractivity contribution is 6.34. The Morgan fingerprint density at radius 1 is 1.41 bits per heavy atom. The third-order valence-electron chi connectivity index (χ3n) is 3.87. The SMILES string of the molecule is C[C@@H]1[C@H](C(=O)O)CCCN1C(=O)COc1cc(Cl)ccc1Cl.